The molecule has 4 nitrogen and oxygen atoms in total. The summed E-state index contributed by atoms with van der Waals surface area (Å²) in [6, 6.07) is 11.2. The lowest BCUT2D eigenvalue weighted by atomic mass is 9.92. The van der Waals surface area contributed by atoms with Gasteiger partial charge >= 0.3 is 0 Å². The summed E-state index contributed by atoms with van der Waals surface area (Å²) in [5.41, 5.74) is 1.95. The van der Waals surface area contributed by atoms with Crippen LogP contribution in [0.1, 0.15) is 17.0 Å². The second-order valence-corrected chi connectivity index (χ2v) is 5.39. The molecule has 0 saturated carbocycles. The fraction of sp³-hybridized carbons (Fsp3) is 0.294. The van der Waals surface area contributed by atoms with Crippen LogP contribution < -0.4 is 5.32 Å². The maximum absolute atomic E-state index is 12.5. The van der Waals surface area contributed by atoms with E-state index in [1.165, 1.54) is 0 Å². The van der Waals surface area contributed by atoms with E-state index in [1.54, 1.807) is 31.6 Å². The molecule has 0 spiro atoms. The maximum atomic E-state index is 12.5. The Morgan fingerprint density at radius 3 is 2.73 bits per heavy atom. The molecule has 0 aliphatic carbocycles. The van der Waals surface area contributed by atoms with Gasteiger partial charge in [0.2, 0.25) is 5.91 Å². The number of amides is 1. The smallest absolute Gasteiger partial charge is 0.227 e. The van der Waals surface area contributed by atoms with Gasteiger partial charge in [0, 0.05) is 31.1 Å². The number of carbonyl (C=O) groups excluding carboxylic acids is 1. The van der Waals surface area contributed by atoms with Crippen LogP contribution in [0.2, 0.25) is 5.02 Å². The summed E-state index contributed by atoms with van der Waals surface area (Å²) in [5, 5.41) is 3.56. The average molecular weight is 319 g/mol. The number of ether oxygens (including phenoxy) is 1. The van der Waals surface area contributed by atoms with E-state index in [1.807, 2.05) is 24.3 Å². The quantitative estimate of drug-likeness (QED) is 0.799. The van der Waals surface area contributed by atoms with E-state index in [9.17, 15) is 4.79 Å². The first kappa shape index (κ1) is 16.5. The lowest BCUT2D eigenvalue weighted by Gasteiger charge is -2.17. The predicted molar refractivity (Wildman–Crippen MR) is 87.0 cm³/mol. The molecular formula is C17H19ClN2O2. The number of nitrogens with zero attached hydrogens (tertiary/aromatic N) is 1. The van der Waals surface area contributed by atoms with E-state index >= 15 is 0 Å². The molecule has 1 unspecified atom stereocenters. The molecule has 1 aromatic carbocycles. The van der Waals surface area contributed by atoms with Gasteiger partial charge in [-0.2, -0.15) is 0 Å². The molecule has 0 fully saturated rings. The van der Waals surface area contributed by atoms with E-state index in [0.29, 0.717) is 24.6 Å². The van der Waals surface area contributed by atoms with Gasteiger partial charge in [0.15, 0.2) is 0 Å². The van der Waals surface area contributed by atoms with Crippen LogP contribution in [-0.4, -0.2) is 31.2 Å². The number of hydrogen-bond acceptors (Lipinski definition) is 3. The third-order valence-electron chi connectivity index (χ3n) is 3.36. The van der Waals surface area contributed by atoms with Crippen molar-refractivity contribution in [3.63, 3.8) is 0 Å². The minimum Gasteiger partial charge on any atom is -0.383 e. The Morgan fingerprint density at radius 2 is 2.09 bits per heavy atom. The molecule has 2 rings (SSSR count). The molecule has 1 heterocycles. The highest BCUT2D eigenvalue weighted by Gasteiger charge is 2.21. The van der Waals surface area contributed by atoms with Gasteiger partial charge in [0.05, 0.1) is 12.5 Å². The molecule has 0 aliphatic rings. The Balaban J connectivity index is 2.16. The van der Waals surface area contributed by atoms with E-state index in [2.05, 4.69) is 10.3 Å². The molecule has 1 N–H and O–H groups in total. The van der Waals surface area contributed by atoms with Gasteiger partial charge in [0.1, 0.15) is 0 Å². The molecule has 0 bridgehead atoms. The van der Waals surface area contributed by atoms with Crippen LogP contribution in [0.4, 0.5) is 0 Å². The summed E-state index contributed by atoms with van der Waals surface area (Å²) in [7, 11) is 1.61. The Kier molecular flexibility index (Phi) is 6.37. The second kappa shape index (κ2) is 8.51. The highest BCUT2D eigenvalue weighted by molar-refractivity contribution is 6.30. The van der Waals surface area contributed by atoms with Gasteiger partial charge in [0.25, 0.3) is 0 Å². The van der Waals surface area contributed by atoms with Gasteiger partial charge in [-0.3, -0.25) is 9.78 Å². The van der Waals surface area contributed by atoms with Crippen molar-refractivity contribution in [2.45, 2.75) is 12.3 Å². The number of pyridine rings is 1. The Hall–Kier alpha value is -1.91. The van der Waals surface area contributed by atoms with Crippen molar-refractivity contribution in [3.8, 4) is 0 Å². The summed E-state index contributed by atoms with van der Waals surface area (Å²) in [6.45, 7) is 0.985. The largest absolute Gasteiger partial charge is 0.383 e. The van der Waals surface area contributed by atoms with Crippen LogP contribution in [0.25, 0.3) is 0 Å². The molecule has 1 atom stereocenters. The lowest BCUT2D eigenvalue weighted by Crippen LogP contribution is -2.33. The first-order valence-electron chi connectivity index (χ1n) is 7.11. The summed E-state index contributed by atoms with van der Waals surface area (Å²) in [6.07, 6.45) is 4.10. The summed E-state index contributed by atoms with van der Waals surface area (Å²) in [5.74, 6) is -0.304. The summed E-state index contributed by atoms with van der Waals surface area (Å²) >= 11 is 5.93. The molecule has 5 heteroatoms. The molecule has 0 saturated heterocycles. The first-order chi connectivity index (χ1) is 10.7. The zero-order chi connectivity index (χ0) is 15.8. The van der Waals surface area contributed by atoms with E-state index in [-0.39, 0.29) is 11.8 Å². The predicted octanol–water partition coefficient (Wildman–Crippen LogP) is 2.82. The molecule has 0 aliphatic heterocycles. The number of hydrogen-bond donors (Lipinski definition) is 1. The van der Waals surface area contributed by atoms with E-state index in [4.69, 9.17) is 16.3 Å². The van der Waals surface area contributed by atoms with Gasteiger partial charge in [-0.1, -0.05) is 29.8 Å². The Morgan fingerprint density at radius 1 is 1.32 bits per heavy atom. The normalized spacial score (nSPS) is 11.9. The second-order valence-electron chi connectivity index (χ2n) is 4.95. The summed E-state index contributed by atoms with van der Waals surface area (Å²) in [4.78, 5) is 16.6. The van der Waals surface area contributed by atoms with E-state index < -0.39 is 0 Å². The molecule has 22 heavy (non-hydrogen) atoms. The van der Waals surface area contributed by atoms with Crippen molar-refractivity contribution in [2.75, 3.05) is 20.3 Å². The topological polar surface area (TPSA) is 51.2 Å². The van der Waals surface area contributed by atoms with Crippen molar-refractivity contribution < 1.29 is 9.53 Å². The van der Waals surface area contributed by atoms with Gasteiger partial charge in [-0.25, -0.2) is 0 Å². The molecular weight excluding hydrogens is 300 g/mol. The van der Waals surface area contributed by atoms with Crippen molar-refractivity contribution in [2.24, 2.45) is 0 Å². The van der Waals surface area contributed by atoms with Crippen LogP contribution in [0.3, 0.4) is 0 Å². The number of carbonyl (C=O) groups is 1. The number of halogens is 1. The number of rotatable bonds is 7. The van der Waals surface area contributed by atoms with Crippen LogP contribution in [0.15, 0.2) is 48.8 Å². The maximum Gasteiger partial charge on any atom is 0.227 e. The zero-order valence-corrected chi connectivity index (χ0v) is 13.2. The fourth-order valence-electron chi connectivity index (χ4n) is 2.21. The van der Waals surface area contributed by atoms with Crippen LogP contribution >= 0.6 is 11.6 Å². The number of nitrogens with one attached hydrogen (secondary N) is 1. The standard InChI is InChI=1S/C17H19ClN2O2/c1-22-10-9-20-17(21)16(11-13-3-2-8-19-12-13)14-4-6-15(18)7-5-14/h2-8,12,16H,9-11H2,1H3,(H,20,21). The fourth-order valence-corrected chi connectivity index (χ4v) is 2.34. The monoisotopic (exact) mass is 318 g/mol. The molecule has 116 valence electrons. The van der Waals surface area contributed by atoms with Gasteiger partial charge in [-0.15, -0.1) is 0 Å². The van der Waals surface area contributed by atoms with Gasteiger partial charge < -0.3 is 10.1 Å². The minimum absolute atomic E-state index is 0.0248. The number of benzene rings is 1. The van der Waals surface area contributed by atoms with Crippen molar-refractivity contribution in [1.82, 2.24) is 10.3 Å². The number of aromatic nitrogens is 1. The van der Waals surface area contributed by atoms with Crippen LogP contribution in [0.5, 0.6) is 0 Å². The third-order valence-corrected chi connectivity index (χ3v) is 3.61. The highest BCUT2D eigenvalue weighted by Crippen LogP contribution is 2.22. The van der Waals surface area contributed by atoms with Crippen LogP contribution in [-0.2, 0) is 16.0 Å². The zero-order valence-electron chi connectivity index (χ0n) is 12.5. The molecule has 2 aromatic rings. The van der Waals surface area contributed by atoms with Crippen molar-refractivity contribution in [3.05, 3.63) is 64.9 Å². The lowest BCUT2D eigenvalue weighted by molar-refractivity contribution is -0.122. The first-order valence-corrected chi connectivity index (χ1v) is 7.49. The minimum atomic E-state index is -0.279. The number of methoxy groups -OCH3 is 1. The highest BCUT2D eigenvalue weighted by atomic mass is 35.5. The van der Waals surface area contributed by atoms with Crippen molar-refractivity contribution >= 4 is 17.5 Å². The van der Waals surface area contributed by atoms with Crippen LogP contribution in [0, 0.1) is 0 Å². The molecule has 1 amide bonds. The SMILES string of the molecule is COCCNC(=O)C(Cc1cccnc1)c1ccc(Cl)cc1. The third kappa shape index (κ3) is 4.83. The van der Waals surface area contributed by atoms with E-state index in [0.717, 1.165) is 11.1 Å². The molecule has 0 radical (unpaired) electrons. The Bertz CT molecular complexity index is 587. The Labute approximate surface area is 135 Å². The molecule has 1 aromatic heterocycles. The average Bonchev–Trinajstić information content (AvgIpc) is 2.55. The summed E-state index contributed by atoms with van der Waals surface area (Å²) < 4.78 is 4.97. The van der Waals surface area contributed by atoms with Gasteiger partial charge in [-0.05, 0) is 35.7 Å². The van der Waals surface area contributed by atoms with Crippen molar-refractivity contribution in [1.29, 1.82) is 0 Å².